The van der Waals surface area contributed by atoms with E-state index >= 15 is 0 Å². The summed E-state index contributed by atoms with van der Waals surface area (Å²) in [6.45, 7) is 8.14. The lowest BCUT2D eigenvalue weighted by molar-refractivity contribution is -0.482. The van der Waals surface area contributed by atoms with E-state index in [1.807, 2.05) is 36.4 Å². The molecule has 6 heteroatoms. The van der Waals surface area contributed by atoms with E-state index in [1.54, 1.807) is 19.1 Å². The first-order valence-electron chi connectivity index (χ1n) is 12.9. The third-order valence-corrected chi connectivity index (χ3v) is 8.44. The van der Waals surface area contributed by atoms with Crippen LogP contribution in [0.2, 0.25) is 0 Å². The van der Waals surface area contributed by atoms with Gasteiger partial charge in [-0.3, -0.25) is 4.18 Å². The van der Waals surface area contributed by atoms with Gasteiger partial charge in [0.2, 0.25) is 6.34 Å². The van der Waals surface area contributed by atoms with Crippen LogP contribution >= 0.6 is 0 Å². The number of anilines is 1. The van der Waals surface area contributed by atoms with Crippen LogP contribution < -0.4 is 4.90 Å². The topological polar surface area (TPSA) is 49.6 Å². The van der Waals surface area contributed by atoms with Gasteiger partial charge in [-0.1, -0.05) is 90.5 Å². The Morgan fingerprint density at radius 2 is 1.34 bits per heavy atom. The summed E-state index contributed by atoms with van der Waals surface area (Å²) in [7, 11) is -3.95. The summed E-state index contributed by atoms with van der Waals surface area (Å²) in [6, 6.07) is 31.9. The SMILES string of the molecule is CCOS(=O)(=O)c1ccccc1N1C=[N+](c2c(C)cc(C)cc2C)[C@@H](c2ccccc2)[C@@H]1c1ccccc1. The highest BCUT2D eigenvalue weighted by Gasteiger charge is 2.47. The van der Waals surface area contributed by atoms with E-state index in [2.05, 4.69) is 85.1 Å². The Morgan fingerprint density at radius 1 is 0.789 bits per heavy atom. The fraction of sp³-hybridized carbons (Fsp3) is 0.219. The molecule has 0 spiro atoms. The van der Waals surface area contributed by atoms with Crippen LogP contribution in [-0.2, 0) is 14.3 Å². The third kappa shape index (κ3) is 4.77. The summed E-state index contributed by atoms with van der Waals surface area (Å²) < 4.78 is 34.0. The van der Waals surface area contributed by atoms with E-state index in [4.69, 9.17) is 4.18 Å². The molecule has 0 saturated carbocycles. The molecule has 0 saturated heterocycles. The second-order valence-electron chi connectivity index (χ2n) is 9.72. The molecule has 0 radical (unpaired) electrons. The molecule has 0 unspecified atom stereocenters. The molecule has 5 nitrogen and oxygen atoms in total. The van der Waals surface area contributed by atoms with Gasteiger partial charge in [0.25, 0.3) is 0 Å². The Labute approximate surface area is 225 Å². The molecule has 5 rings (SSSR count). The maximum Gasteiger partial charge on any atom is 0.301 e. The van der Waals surface area contributed by atoms with E-state index in [1.165, 1.54) is 16.7 Å². The van der Waals surface area contributed by atoms with Crippen molar-refractivity contribution in [1.82, 2.24) is 0 Å². The van der Waals surface area contributed by atoms with Crippen molar-refractivity contribution < 1.29 is 17.2 Å². The summed E-state index contributed by atoms with van der Waals surface area (Å²) in [5.41, 5.74) is 7.49. The van der Waals surface area contributed by atoms with Gasteiger partial charge in [0.1, 0.15) is 16.3 Å². The summed E-state index contributed by atoms with van der Waals surface area (Å²) in [4.78, 5) is 2.25. The lowest BCUT2D eigenvalue weighted by Gasteiger charge is -2.25. The molecule has 4 aromatic carbocycles. The molecular formula is C32H33N2O3S+. The number of hydrogen-bond acceptors (Lipinski definition) is 4. The van der Waals surface area contributed by atoms with Crippen LogP contribution in [0.25, 0.3) is 0 Å². The van der Waals surface area contributed by atoms with Crippen molar-refractivity contribution in [2.24, 2.45) is 0 Å². The Hall–Kier alpha value is -3.74. The molecule has 0 fully saturated rings. The van der Waals surface area contributed by atoms with Crippen LogP contribution in [0, 0.1) is 20.8 Å². The Kier molecular flexibility index (Phi) is 7.19. The second-order valence-corrected chi connectivity index (χ2v) is 11.3. The fourth-order valence-corrected chi connectivity index (χ4v) is 6.77. The van der Waals surface area contributed by atoms with E-state index in [0.717, 1.165) is 16.8 Å². The smallest absolute Gasteiger partial charge is 0.267 e. The summed E-state index contributed by atoms with van der Waals surface area (Å²) in [6.07, 6.45) is 2.07. The zero-order valence-electron chi connectivity index (χ0n) is 22.2. The molecule has 38 heavy (non-hydrogen) atoms. The lowest BCUT2D eigenvalue weighted by atomic mass is 9.91. The largest absolute Gasteiger partial charge is 0.301 e. The number of aryl methyl sites for hydroxylation is 3. The molecule has 1 aliphatic heterocycles. The van der Waals surface area contributed by atoms with Crippen LogP contribution in [0.1, 0.15) is 46.8 Å². The Morgan fingerprint density at radius 3 is 1.95 bits per heavy atom. The van der Waals surface area contributed by atoms with Gasteiger partial charge in [0.15, 0.2) is 12.1 Å². The van der Waals surface area contributed by atoms with Crippen molar-refractivity contribution in [3.05, 3.63) is 125 Å². The van der Waals surface area contributed by atoms with Crippen LogP contribution in [0.4, 0.5) is 11.4 Å². The van der Waals surface area contributed by atoms with Gasteiger partial charge in [0.05, 0.1) is 6.61 Å². The minimum Gasteiger partial charge on any atom is -0.267 e. The van der Waals surface area contributed by atoms with Crippen LogP contribution in [-0.4, -0.2) is 25.9 Å². The van der Waals surface area contributed by atoms with E-state index < -0.39 is 10.1 Å². The van der Waals surface area contributed by atoms with Crippen molar-refractivity contribution in [1.29, 1.82) is 0 Å². The molecule has 0 aromatic heterocycles. The summed E-state index contributed by atoms with van der Waals surface area (Å²) >= 11 is 0. The summed E-state index contributed by atoms with van der Waals surface area (Å²) in [5.74, 6) is 0. The first kappa shape index (κ1) is 25.9. The first-order valence-corrected chi connectivity index (χ1v) is 14.3. The minimum absolute atomic E-state index is 0.0724. The highest BCUT2D eigenvalue weighted by atomic mass is 32.2. The number of para-hydroxylation sites is 1. The molecular weight excluding hydrogens is 492 g/mol. The van der Waals surface area contributed by atoms with E-state index in [0.29, 0.717) is 5.69 Å². The molecule has 0 aliphatic carbocycles. The maximum atomic E-state index is 13.2. The van der Waals surface area contributed by atoms with Gasteiger partial charge in [0, 0.05) is 11.1 Å². The van der Waals surface area contributed by atoms with Crippen molar-refractivity contribution in [2.75, 3.05) is 11.5 Å². The maximum absolute atomic E-state index is 13.2. The monoisotopic (exact) mass is 525 g/mol. The number of benzene rings is 4. The lowest BCUT2D eigenvalue weighted by Crippen LogP contribution is -2.27. The Balaban J connectivity index is 1.82. The van der Waals surface area contributed by atoms with Gasteiger partial charge < -0.3 is 0 Å². The van der Waals surface area contributed by atoms with Gasteiger partial charge in [-0.2, -0.15) is 8.42 Å². The van der Waals surface area contributed by atoms with Gasteiger partial charge in [-0.05, 0) is 51.0 Å². The standard InChI is InChI=1S/C32H33N2O3S/c1-5-37-38(35,36)29-19-13-12-18-28(29)33-22-34(30-24(3)20-23(2)21-25(30)4)32(27-16-10-7-11-17-27)31(33)26-14-8-6-9-15-26/h6-22,31-32H,5H2,1-4H3/q+1/t31-,32-/m0/s1. The minimum atomic E-state index is -3.95. The van der Waals surface area contributed by atoms with Gasteiger partial charge in [-0.25, -0.2) is 9.48 Å². The van der Waals surface area contributed by atoms with E-state index in [-0.39, 0.29) is 23.6 Å². The van der Waals surface area contributed by atoms with Crippen LogP contribution in [0.15, 0.2) is 102 Å². The molecule has 0 amide bonds. The van der Waals surface area contributed by atoms with Crippen molar-refractivity contribution in [2.45, 2.75) is 44.7 Å². The van der Waals surface area contributed by atoms with Crippen molar-refractivity contribution >= 4 is 27.8 Å². The molecule has 2 atom stereocenters. The molecule has 194 valence electrons. The van der Waals surface area contributed by atoms with Crippen LogP contribution in [0.5, 0.6) is 0 Å². The number of rotatable bonds is 7. The van der Waals surface area contributed by atoms with Crippen LogP contribution in [0.3, 0.4) is 0 Å². The van der Waals surface area contributed by atoms with E-state index in [9.17, 15) is 8.42 Å². The zero-order valence-corrected chi connectivity index (χ0v) is 23.0. The predicted octanol–water partition coefficient (Wildman–Crippen LogP) is 7.01. The first-order chi connectivity index (χ1) is 18.3. The van der Waals surface area contributed by atoms with Gasteiger partial charge in [-0.15, -0.1) is 0 Å². The van der Waals surface area contributed by atoms with Crippen molar-refractivity contribution in [3.8, 4) is 0 Å². The summed E-state index contributed by atoms with van der Waals surface area (Å²) in [5, 5.41) is 0. The Bertz CT molecular complexity index is 1560. The average molecular weight is 526 g/mol. The quantitative estimate of drug-likeness (QED) is 0.192. The predicted molar refractivity (Wildman–Crippen MR) is 153 cm³/mol. The number of nitrogens with zero attached hydrogens (tertiary/aromatic N) is 2. The second kappa shape index (κ2) is 10.6. The molecule has 1 aliphatic rings. The fourth-order valence-electron chi connectivity index (χ4n) is 5.66. The zero-order chi connectivity index (χ0) is 26.9. The molecule has 1 heterocycles. The highest BCUT2D eigenvalue weighted by molar-refractivity contribution is 7.87. The highest BCUT2D eigenvalue weighted by Crippen LogP contribution is 2.47. The number of hydrogen-bond donors (Lipinski definition) is 0. The third-order valence-electron chi connectivity index (χ3n) is 7.01. The average Bonchev–Trinajstić information content (AvgIpc) is 3.29. The normalized spacial score (nSPS) is 17.5. The van der Waals surface area contributed by atoms with Gasteiger partial charge >= 0.3 is 10.1 Å². The van der Waals surface area contributed by atoms with Crippen molar-refractivity contribution in [3.63, 3.8) is 0 Å². The molecule has 0 N–H and O–H groups in total. The molecule has 0 bridgehead atoms. The molecule has 4 aromatic rings.